The largest absolute Gasteiger partial charge is 0.379 e. The maximum atomic E-state index is 12.5. The number of hydrogen-bond acceptors (Lipinski definition) is 1. The van der Waals surface area contributed by atoms with Gasteiger partial charge < -0.3 is 5.11 Å². The van der Waals surface area contributed by atoms with E-state index in [1.54, 1.807) is 0 Å². The molecule has 0 amide bonds. The summed E-state index contributed by atoms with van der Waals surface area (Å²) in [6.07, 6.45) is -0.260. The molecule has 1 nitrogen and oxygen atoms in total. The van der Waals surface area contributed by atoms with Crippen molar-refractivity contribution >= 4 is 0 Å². The number of aliphatic hydroxyl groups is 1. The summed E-state index contributed by atoms with van der Waals surface area (Å²) in [7, 11) is 0. The minimum Gasteiger partial charge on any atom is -0.374 e. The second-order valence-corrected chi connectivity index (χ2v) is 2.84. The van der Waals surface area contributed by atoms with Crippen molar-refractivity contribution in [3.63, 3.8) is 0 Å². The lowest BCUT2D eigenvalue weighted by atomic mass is 9.68. The Morgan fingerprint density at radius 3 is 1.57 bits per heavy atom. The fourth-order valence-corrected chi connectivity index (χ4v) is 1.14. The maximum absolute atomic E-state index is 12.5. The van der Waals surface area contributed by atoms with Crippen LogP contribution in [0.15, 0.2) is 18.4 Å². The van der Waals surface area contributed by atoms with E-state index in [1.807, 2.05) is 0 Å². The highest BCUT2D eigenvalue weighted by molar-refractivity contribution is 5.33. The van der Waals surface area contributed by atoms with E-state index >= 15 is 0 Å². The Balaban J connectivity index is 3.31. The average Bonchev–Trinajstić information content (AvgIpc) is 2.02. The molecule has 0 saturated heterocycles. The van der Waals surface area contributed by atoms with Gasteiger partial charge in [-0.05, 0) is 0 Å². The van der Waals surface area contributed by atoms with Gasteiger partial charge >= 0.3 is 17.8 Å². The highest BCUT2D eigenvalue weighted by Crippen LogP contribution is 2.67. The van der Waals surface area contributed by atoms with Gasteiger partial charge in [0, 0.05) is 6.08 Å². The van der Waals surface area contributed by atoms with Gasteiger partial charge in [0.2, 0.25) is 5.60 Å². The van der Waals surface area contributed by atoms with E-state index < -0.39 is 23.4 Å². The second-order valence-electron chi connectivity index (χ2n) is 2.84. The van der Waals surface area contributed by atoms with Gasteiger partial charge in [-0.15, -0.1) is 5.73 Å². The molecular weight excluding hydrogens is 214 g/mol. The van der Waals surface area contributed by atoms with Crippen LogP contribution in [0.25, 0.3) is 0 Å². The molecule has 0 unspecified atom stereocenters. The summed E-state index contributed by atoms with van der Waals surface area (Å²) in [5.74, 6) is -16.0. The minimum atomic E-state index is -5.57. The molecule has 0 bridgehead atoms. The van der Waals surface area contributed by atoms with Crippen molar-refractivity contribution in [1.29, 1.82) is 0 Å². The average molecular weight is 218 g/mol. The van der Waals surface area contributed by atoms with Gasteiger partial charge in [0.05, 0.1) is 0 Å². The summed E-state index contributed by atoms with van der Waals surface area (Å²) < 4.78 is 74.2. The summed E-state index contributed by atoms with van der Waals surface area (Å²) >= 11 is 0. The second kappa shape index (κ2) is 2.35. The van der Waals surface area contributed by atoms with Gasteiger partial charge in [-0.3, -0.25) is 0 Å². The number of alkyl halides is 6. The van der Waals surface area contributed by atoms with Crippen molar-refractivity contribution in [3.8, 4) is 0 Å². The third-order valence-electron chi connectivity index (χ3n) is 2.06. The summed E-state index contributed by atoms with van der Waals surface area (Å²) in [5, 5.41) is 8.66. The molecule has 0 atom stereocenters. The van der Waals surface area contributed by atoms with Crippen LogP contribution in [0.4, 0.5) is 26.3 Å². The fraction of sp³-hybridized carbons (Fsp3) is 0.571. The van der Waals surface area contributed by atoms with E-state index in [-0.39, 0.29) is 6.08 Å². The molecule has 1 aliphatic carbocycles. The molecule has 1 saturated carbocycles. The first-order valence-corrected chi connectivity index (χ1v) is 3.29. The SMILES string of the molecule is C=C=CC1(O)C(F)(F)C(F)(F)C1(F)F. The zero-order chi connectivity index (χ0) is 11.4. The van der Waals surface area contributed by atoms with E-state index in [0.717, 1.165) is 0 Å². The summed E-state index contributed by atoms with van der Waals surface area (Å²) in [6.45, 7) is 2.65. The number of halogens is 6. The molecule has 0 heterocycles. The zero-order valence-corrected chi connectivity index (χ0v) is 6.50. The van der Waals surface area contributed by atoms with Crippen molar-refractivity contribution in [2.24, 2.45) is 0 Å². The van der Waals surface area contributed by atoms with E-state index in [4.69, 9.17) is 5.11 Å². The minimum absolute atomic E-state index is 0.260. The monoisotopic (exact) mass is 218 g/mol. The van der Waals surface area contributed by atoms with Crippen molar-refractivity contribution in [3.05, 3.63) is 18.4 Å². The van der Waals surface area contributed by atoms with Crippen molar-refractivity contribution in [2.45, 2.75) is 23.4 Å². The molecule has 0 radical (unpaired) electrons. The molecule has 0 aromatic rings. The molecule has 0 spiro atoms. The van der Waals surface area contributed by atoms with Crippen LogP contribution in [-0.4, -0.2) is 28.5 Å². The summed E-state index contributed by atoms with van der Waals surface area (Å²) in [6, 6.07) is 0. The number of rotatable bonds is 1. The van der Waals surface area contributed by atoms with Gasteiger partial charge in [0.15, 0.2) is 0 Å². The molecule has 1 rings (SSSR count). The first-order valence-electron chi connectivity index (χ1n) is 3.29. The molecule has 7 heteroatoms. The Labute approximate surface area is 74.3 Å². The molecule has 1 aliphatic rings. The molecule has 80 valence electrons. The van der Waals surface area contributed by atoms with Crippen LogP contribution in [0, 0.1) is 0 Å². The standard InChI is InChI=1S/C7H4F6O/c1-2-3-4(14)5(8,9)7(12,13)6(4,10)11/h3,14H,1H2. The first kappa shape index (κ1) is 11.1. The highest BCUT2D eigenvalue weighted by Gasteiger charge is 2.97. The van der Waals surface area contributed by atoms with Crippen LogP contribution >= 0.6 is 0 Å². The van der Waals surface area contributed by atoms with Crippen molar-refractivity contribution < 1.29 is 31.4 Å². The Morgan fingerprint density at radius 1 is 0.929 bits per heavy atom. The van der Waals surface area contributed by atoms with Crippen LogP contribution in [0.2, 0.25) is 0 Å². The van der Waals surface area contributed by atoms with Crippen LogP contribution in [-0.2, 0) is 0 Å². The van der Waals surface area contributed by atoms with Crippen molar-refractivity contribution in [1.82, 2.24) is 0 Å². The Hall–Kier alpha value is -0.940. The maximum Gasteiger partial charge on any atom is 0.379 e. The van der Waals surface area contributed by atoms with Gasteiger partial charge in [0.25, 0.3) is 0 Å². The predicted molar refractivity (Wildman–Crippen MR) is 33.5 cm³/mol. The lowest BCUT2D eigenvalue weighted by Crippen LogP contribution is -2.85. The smallest absolute Gasteiger partial charge is 0.374 e. The molecule has 0 aromatic carbocycles. The zero-order valence-electron chi connectivity index (χ0n) is 6.50. The van der Waals surface area contributed by atoms with E-state index in [9.17, 15) is 26.3 Å². The molecule has 14 heavy (non-hydrogen) atoms. The summed E-state index contributed by atoms with van der Waals surface area (Å²) in [5.41, 5.74) is -2.78. The van der Waals surface area contributed by atoms with Gasteiger partial charge in [-0.1, -0.05) is 6.58 Å². The van der Waals surface area contributed by atoms with E-state index in [1.165, 1.54) is 5.73 Å². The summed E-state index contributed by atoms with van der Waals surface area (Å²) in [4.78, 5) is 0. The lowest BCUT2D eigenvalue weighted by Gasteiger charge is -2.54. The molecule has 0 aliphatic heterocycles. The van der Waals surface area contributed by atoms with Crippen molar-refractivity contribution in [2.75, 3.05) is 0 Å². The van der Waals surface area contributed by atoms with Gasteiger partial charge in [0.1, 0.15) is 0 Å². The van der Waals surface area contributed by atoms with Gasteiger partial charge in [-0.2, -0.15) is 26.3 Å². The quantitative estimate of drug-likeness (QED) is 0.527. The lowest BCUT2D eigenvalue weighted by molar-refractivity contribution is -0.475. The van der Waals surface area contributed by atoms with Crippen LogP contribution in [0.5, 0.6) is 0 Å². The third kappa shape index (κ3) is 0.734. The first-order chi connectivity index (χ1) is 6.06. The fourth-order valence-electron chi connectivity index (χ4n) is 1.14. The Bertz CT molecular complexity index is 296. The molecular formula is C7H4F6O. The molecule has 1 N–H and O–H groups in total. The Kier molecular flexibility index (Phi) is 1.87. The van der Waals surface area contributed by atoms with Gasteiger partial charge in [-0.25, -0.2) is 0 Å². The van der Waals surface area contributed by atoms with E-state index in [2.05, 4.69) is 6.58 Å². The van der Waals surface area contributed by atoms with E-state index in [0.29, 0.717) is 0 Å². The number of hydrogen-bond donors (Lipinski definition) is 1. The molecule has 1 fully saturated rings. The highest BCUT2D eigenvalue weighted by atomic mass is 19.4. The van der Waals surface area contributed by atoms with Crippen LogP contribution in [0.1, 0.15) is 0 Å². The molecule has 0 aromatic heterocycles. The van der Waals surface area contributed by atoms with Crippen LogP contribution in [0.3, 0.4) is 0 Å². The van der Waals surface area contributed by atoms with Crippen LogP contribution < -0.4 is 0 Å². The normalized spacial score (nSPS) is 29.9. The Morgan fingerprint density at radius 2 is 1.29 bits per heavy atom. The predicted octanol–water partition coefficient (Wildman–Crippen LogP) is 1.98. The third-order valence-corrected chi connectivity index (χ3v) is 2.06. The topological polar surface area (TPSA) is 20.2 Å².